The zero-order valence-electron chi connectivity index (χ0n) is 12.9. The molecule has 0 saturated carbocycles. The largest absolute Gasteiger partial charge is 0.497 e. The van der Waals surface area contributed by atoms with Crippen molar-refractivity contribution in [3.63, 3.8) is 0 Å². The zero-order valence-corrected chi connectivity index (χ0v) is 12.9. The van der Waals surface area contributed by atoms with Crippen LogP contribution in [0.1, 0.15) is 33.8 Å². The van der Waals surface area contributed by atoms with Crippen LogP contribution in [0.15, 0.2) is 48.5 Å². The molecule has 1 fully saturated rings. The smallest absolute Gasteiger partial charge is 0.224 e. The first-order valence-electron chi connectivity index (χ1n) is 7.74. The summed E-state index contributed by atoms with van der Waals surface area (Å²) in [6, 6.07) is 15.0. The van der Waals surface area contributed by atoms with Gasteiger partial charge in [0.2, 0.25) is 5.91 Å². The molecule has 116 valence electrons. The third-order valence-corrected chi connectivity index (χ3v) is 4.82. The SMILES string of the molecule is COc1ccc2c(c1)C1CC(=O)N(Cc3ccccc3)C1C2=O. The highest BCUT2D eigenvalue weighted by molar-refractivity contribution is 6.09. The van der Waals surface area contributed by atoms with E-state index in [2.05, 4.69) is 0 Å². The number of fused-ring (bicyclic) bond motifs is 3. The van der Waals surface area contributed by atoms with Crippen LogP contribution in [0.2, 0.25) is 0 Å². The Morgan fingerprint density at radius 3 is 2.65 bits per heavy atom. The molecule has 0 bridgehead atoms. The van der Waals surface area contributed by atoms with Crippen molar-refractivity contribution in [1.82, 2.24) is 4.90 Å². The van der Waals surface area contributed by atoms with Crippen LogP contribution in [0.25, 0.3) is 0 Å². The number of amides is 1. The maximum absolute atomic E-state index is 12.8. The first-order chi connectivity index (χ1) is 11.2. The Balaban J connectivity index is 1.69. The number of hydrogen-bond donors (Lipinski definition) is 0. The van der Waals surface area contributed by atoms with E-state index in [1.165, 1.54) is 0 Å². The topological polar surface area (TPSA) is 46.6 Å². The second-order valence-corrected chi connectivity index (χ2v) is 6.08. The summed E-state index contributed by atoms with van der Waals surface area (Å²) in [4.78, 5) is 27.0. The predicted molar refractivity (Wildman–Crippen MR) is 85.5 cm³/mol. The summed E-state index contributed by atoms with van der Waals surface area (Å²) in [5.41, 5.74) is 2.72. The van der Waals surface area contributed by atoms with Gasteiger partial charge >= 0.3 is 0 Å². The summed E-state index contributed by atoms with van der Waals surface area (Å²) in [6.45, 7) is 0.484. The van der Waals surface area contributed by atoms with Gasteiger partial charge < -0.3 is 9.64 Å². The van der Waals surface area contributed by atoms with Crippen molar-refractivity contribution in [2.75, 3.05) is 7.11 Å². The molecule has 2 unspecified atom stereocenters. The van der Waals surface area contributed by atoms with E-state index >= 15 is 0 Å². The third-order valence-electron chi connectivity index (χ3n) is 4.82. The number of ketones is 1. The molecule has 2 aromatic rings. The molecule has 23 heavy (non-hydrogen) atoms. The first kappa shape index (κ1) is 14.0. The highest BCUT2D eigenvalue weighted by atomic mass is 16.5. The predicted octanol–water partition coefficient (Wildman–Crippen LogP) is 2.78. The van der Waals surface area contributed by atoms with Crippen LogP contribution in [-0.4, -0.2) is 29.7 Å². The Kier molecular flexibility index (Phi) is 3.18. The lowest BCUT2D eigenvalue weighted by atomic mass is 9.98. The average molecular weight is 307 g/mol. The van der Waals surface area contributed by atoms with Crippen molar-refractivity contribution in [3.05, 3.63) is 65.2 Å². The number of nitrogens with zero attached hydrogens (tertiary/aromatic N) is 1. The number of carbonyl (C=O) groups excluding carboxylic acids is 2. The lowest BCUT2D eigenvalue weighted by molar-refractivity contribution is -0.129. The highest BCUT2D eigenvalue weighted by Crippen LogP contribution is 2.45. The van der Waals surface area contributed by atoms with Gasteiger partial charge in [0.15, 0.2) is 5.78 Å². The van der Waals surface area contributed by atoms with Crippen molar-refractivity contribution in [2.24, 2.45) is 0 Å². The lowest BCUT2D eigenvalue weighted by Gasteiger charge is -2.23. The van der Waals surface area contributed by atoms with Gasteiger partial charge in [-0.2, -0.15) is 0 Å². The Morgan fingerprint density at radius 1 is 1.13 bits per heavy atom. The highest BCUT2D eigenvalue weighted by Gasteiger charge is 2.50. The van der Waals surface area contributed by atoms with Gasteiger partial charge in [-0.15, -0.1) is 0 Å². The van der Waals surface area contributed by atoms with Gasteiger partial charge in [0, 0.05) is 24.4 Å². The van der Waals surface area contributed by atoms with Crippen molar-refractivity contribution >= 4 is 11.7 Å². The number of methoxy groups -OCH3 is 1. The Hall–Kier alpha value is -2.62. The maximum Gasteiger partial charge on any atom is 0.224 e. The van der Waals surface area contributed by atoms with Crippen LogP contribution in [0.4, 0.5) is 0 Å². The van der Waals surface area contributed by atoms with E-state index in [0.29, 0.717) is 13.0 Å². The van der Waals surface area contributed by atoms with E-state index in [4.69, 9.17) is 4.74 Å². The summed E-state index contributed by atoms with van der Waals surface area (Å²) in [7, 11) is 1.61. The Labute approximate surface area is 134 Å². The molecule has 1 saturated heterocycles. The van der Waals surface area contributed by atoms with Gasteiger partial charge in [0.25, 0.3) is 0 Å². The van der Waals surface area contributed by atoms with E-state index in [9.17, 15) is 9.59 Å². The van der Waals surface area contributed by atoms with Crippen LogP contribution in [0.5, 0.6) is 5.75 Å². The second-order valence-electron chi connectivity index (χ2n) is 6.08. The fourth-order valence-corrected chi connectivity index (χ4v) is 3.72. The molecular weight excluding hydrogens is 290 g/mol. The fraction of sp³-hybridized carbons (Fsp3) is 0.263. The standard InChI is InChI=1S/C19H17NO3/c1-23-13-7-8-14-15(9-13)16-10-17(21)20(18(16)19(14)22)11-12-5-3-2-4-6-12/h2-9,16,18H,10-11H2,1H3. The van der Waals surface area contributed by atoms with Crippen molar-refractivity contribution in [3.8, 4) is 5.75 Å². The Morgan fingerprint density at radius 2 is 1.91 bits per heavy atom. The molecule has 0 N–H and O–H groups in total. The fourth-order valence-electron chi connectivity index (χ4n) is 3.72. The summed E-state index contributed by atoms with van der Waals surface area (Å²) in [6.07, 6.45) is 0.392. The molecule has 2 aromatic carbocycles. The molecule has 0 radical (unpaired) electrons. The van der Waals surface area contributed by atoms with Crippen molar-refractivity contribution in [1.29, 1.82) is 0 Å². The van der Waals surface area contributed by atoms with Crippen LogP contribution in [-0.2, 0) is 11.3 Å². The number of likely N-dealkylation sites (tertiary alicyclic amines) is 1. The monoisotopic (exact) mass is 307 g/mol. The first-order valence-corrected chi connectivity index (χ1v) is 7.74. The van der Waals surface area contributed by atoms with Gasteiger partial charge in [0.05, 0.1) is 7.11 Å². The summed E-state index contributed by atoms with van der Waals surface area (Å²) in [5.74, 6) is 0.773. The van der Waals surface area contributed by atoms with Crippen LogP contribution < -0.4 is 4.74 Å². The van der Waals surface area contributed by atoms with Crippen LogP contribution in [0, 0.1) is 0 Å². The molecule has 4 heteroatoms. The van der Waals surface area contributed by atoms with E-state index in [1.54, 1.807) is 18.1 Å². The molecule has 2 aliphatic rings. The lowest BCUT2D eigenvalue weighted by Crippen LogP contribution is -2.37. The minimum absolute atomic E-state index is 0.0469. The molecule has 2 atom stereocenters. The third kappa shape index (κ3) is 2.13. The number of carbonyl (C=O) groups is 2. The van der Waals surface area contributed by atoms with E-state index in [-0.39, 0.29) is 23.7 Å². The van der Waals surface area contributed by atoms with Gasteiger partial charge in [-0.1, -0.05) is 30.3 Å². The zero-order chi connectivity index (χ0) is 16.0. The van der Waals surface area contributed by atoms with Gasteiger partial charge in [0.1, 0.15) is 11.8 Å². The normalized spacial score (nSPS) is 22.2. The number of hydrogen-bond acceptors (Lipinski definition) is 3. The molecule has 1 amide bonds. The molecular formula is C19H17NO3. The number of benzene rings is 2. The molecule has 0 aromatic heterocycles. The Bertz CT molecular complexity index is 784. The van der Waals surface area contributed by atoms with Crippen molar-refractivity contribution < 1.29 is 14.3 Å². The minimum atomic E-state index is -0.371. The maximum atomic E-state index is 12.8. The minimum Gasteiger partial charge on any atom is -0.497 e. The van der Waals surface area contributed by atoms with Gasteiger partial charge in [-0.25, -0.2) is 0 Å². The molecule has 0 spiro atoms. The number of ether oxygens (including phenoxy) is 1. The molecule has 4 nitrogen and oxygen atoms in total. The summed E-state index contributed by atoms with van der Waals surface area (Å²) in [5, 5.41) is 0. The van der Waals surface area contributed by atoms with Gasteiger partial charge in [-0.05, 0) is 29.3 Å². The van der Waals surface area contributed by atoms with Crippen molar-refractivity contribution in [2.45, 2.75) is 24.9 Å². The molecule has 1 heterocycles. The summed E-state index contributed by atoms with van der Waals surface area (Å²) >= 11 is 0. The second kappa shape index (κ2) is 5.23. The molecule has 4 rings (SSSR count). The number of rotatable bonds is 3. The number of Topliss-reactive ketones (excluding diaryl/α,β-unsaturated/α-hetero) is 1. The molecule has 1 aliphatic carbocycles. The van der Waals surface area contributed by atoms with Gasteiger partial charge in [-0.3, -0.25) is 9.59 Å². The molecule has 1 aliphatic heterocycles. The van der Waals surface area contributed by atoms with E-state index in [1.807, 2.05) is 42.5 Å². The quantitative estimate of drug-likeness (QED) is 0.876. The van der Waals surface area contributed by atoms with Crippen LogP contribution in [0.3, 0.4) is 0 Å². The van der Waals surface area contributed by atoms with E-state index in [0.717, 1.165) is 22.4 Å². The van der Waals surface area contributed by atoms with Crippen LogP contribution >= 0.6 is 0 Å². The summed E-state index contributed by atoms with van der Waals surface area (Å²) < 4.78 is 5.26. The average Bonchev–Trinajstić information content (AvgIpc) is 3.04. The van der Waals surface area contributed by atoms with E-state index < -0.39 is 0 Å².